The van der Waals surface area contributed by atoms with Crippen LogP contribution < -0.4 is 11.0 Å². The van der Waals surface area contributed by atoms with Crippen molar-refractivity contribution >= 4 is 34.9 Å². The summed E-state index contributed by atoms with van der Waals surface area (Å²) in [4.78, 5) is 27.5. The Morgan fingerprint density at radius 3 is 2.46 bits per heavy atom. The van der Waals surface area contributed by atoms with Gasteiger partial charge in [0.15, 0.2) is 6.10 Å². The second-order valence-corrected chi connectivity index (χ2v) is 6.44. The normalized spacial score (nSPS) is 13.8. The summed E-state index contributed by atoms with van der Waals surface area (Å²) in [6.45, 7) is -0.897. The fourth-order valence-electron chi connectivity index (χ4n) is 2.24. The number of benzene rings is 1. The molecule has 3 N–H and O–H groups in total. The molecule has 0 fully saturated rings. The van der Waals surface area contributed by atoms with E-state index in [2.05, 4.69) is 15.0 Å². The summed E-state index contributed by atoms with van der Waals surface area (Å²) < 4.78 is 33.1. The van der Waals surface area contributed by atoms with Crippen molar-refractivity contribution in [3.63, 3.8) is 0 Å². The van der Waals surface area contributed by atoms with Gasteiger partial charge >= 0.3 is 11.7 Å². The first-order valence-corrected chi connectivity index (χ1v) is 8.43. The molecule has 0 saturated heterocycles. The van der Waals surface area contributed by atoms with Gasteiger partial charge in [0.1, 0.15) is 11.9 Å². The molecule has 0 aliphatic heterocycles. The van der Waals surface area contributed by atoms with Crippen molar-refractivity contribution in [2.24, 2.45) is 0 Å². The zero-order valence-corrected chi connectivity index (χ0v) is 15.8. The van der Waals surface area contributed by atoms with Crippen molar-refractivity contribution in [2.45, 2.75) is 18.3 Å². The molecule has 1 aromatic carbocycles. The third-order valence-electron chi connectivity index (χ3n) is 3.68. The van der Waals surface area contributed by atoms with E-state index in [1.807, 2.05) is 0 Å². The van der Waals surface area contributed by atoms with Crippen LogP contribution in [0, 0.1) is 0 Å². The number of nitrogens with zero attached hydrogens (tertiary/aromatic N) is 2. The van der Waals surface area contributed by atoms with Crippen molar-refractivity contribution in [3.05, 3.63) is 56.6 Å². The Bertz CT molecular complexity index is 901. The zero-order valence-electron chi connectivity index (χ0n) is 14.3. The van der Waals surface area contributed by atoms with Crippen LogP contribution in [0.2, 0.25) is 10.0 Å². The Labute approximate surface area is 167 Å². The molecule has 8 nitrogen and oxygen atoms in total. The molecular formula is C16H15Cl2F2N3O5. The molecule has 2 atom stereocenters. The minimum atomic E-state index is -4.13. The molecule has 0 saturated carbocycles. The molecule has 12 heteroatoms. The fraction of sp³-hybridized carbons (Fsp3) is 0.312. The van der Waals surface area contributed by atoms with Crippen molar-refractivity contribution in [1.82, 2.24) is 9.55 Å². The van der Waals surface area contributed by atoms with Crippen LogP contribution in [0.1, 0.15) is 10.4 Å². The number of carbonyl (C=O) groups excluding carboxylic acids is 1. The number of methoxy groups -OCH3 is 1. The summed E-state index contributed by atoms with van der Waals surface area (Å²) in [5, 5.41) is 21.3. The number of aliphatic hydroxyl groups excluding tert-OH is 2. The predicted octanol–water partition coefficient (Wildman–Crippen LogP) is 1.72. The van der Waals surface area contributed by atoms with Gasteiger partial charge in [0.2, 0.25) is 0 Å². The monoisotopic (exact) mass is 437 g/mol. The van der Waals surface area contributed by atoms with E-state index in [1.54, 1.807) is 0 Å². The second kappa shape index (κ2) is 8.93. The molecule has 0 aliphatic carbocycles. The highest BCUT2D eigenvalue weighted by molar-refractivity contribution is 6.35. The fourth-order valence-corrected chi connectivity index (χ4v) is 2.77. The van der Waals surface area contributed by atoms with Gasteiger partial charge in [0.05, 0.1) is 6.61 Å². The lowest BCUT2D eigenvalue weighted by molar-refractivity contribution is -0.216. The number of aromatic nitrogens is 2. The number of ether oxygens (including phenoxy) is 1. The van der Waals surface area contributed by atoms with E-state index in [0.29, 0.717) is 6.20 Å². The number of carbonyl (C=O) groups is 1. The Morgan fingerprint density at radius 1 is 1.36 bits per heavy atom. The van der Waals surface area contributed by atoms with Crippen LogP contribution in [0.4, 0.5) is 14.6 Å². The van der Waals surface area contributed by atoms with Gasteiger partial charge < -0.3 is 20.3 Å². The van der Waals surface area contributed by atoms with E-state index in [-0.39, 0.29) is 26.0 Å². The molecule has 0 bridgehead atoms. The molecule has 1 amide bonds. The van der Waals surface area contributed by atoms with Crippen molar-refractivity contribution in [2.75, 3.05) is 19.0 Å². The highest BCUT2D eigenvalue weighted by Crippen LogP contribution is 2.27. The van der Waals surface area contributed by atoms with E-state index in [4.69, 9.17) is 28.3 Å². The third kappa shape index (κ3) is 4.83. The third-order valence-corrected chi connectivity index (χ3v) is 4.12. The second-order valence-electron chi connectivity index (χ2n) is 5.57. The number of amides is 1. The minimum Gasteiger partial charge on any atom is -0.394 e. The lowest BCUT2D eigenvalue weighted by Crippen LogP contribution is -2.50. The SMILES string of the molecule is COC(CO)[C@@H](O)C(F)(F)n1ccc(NC(=O)c2cc(Cl)cc(Cl)c2)nc1=O. The molecule has 2 aromatic rings. The van der Waals surface area contributed by atoms with Gasteiger partial charge in [-0.05, 0) is 24.3 Å². The summed E-state index contributed by atoms with van der Waals surface area (Å²) in [5.74, 6) is -1.03. The van der Waals surface area contributed by atoms with Crippen molar-refractivity contribution in [3.8, 4) is 0 Å². The van der Waals surface area contributed by atoms with Crippen LogP contribution in [-0.4, -0.2) is 51.6 Å². The Kier molecular flexibility index (Phi) is 7.07. The number of hydrogen-bond acceptors (Lipinski definition) is 6. The van der Waals surface area contributed by atoms with Gasteiger partial charge in [0, 0.05) is 28.9 Å². The summed E-state index contributed by atoms with van der Waals surface area (Å²) in [6, 6.07) is 0.846. The van der Waals surface area contributed by atoms with Crippen LogP contribution in [0.5, 0.6) is 0 Å². The zero-order chi connectivity index (χ0) is 21.1. The molecule has 152 valence electrons. The van der Waals surface area contributed by atoms with Crippen LogP contribution >= 0.6 is 23.2 Å². The maximum absolute atomic E-state index is 14.3. The van der Waals surface area contributed by atoms with Gasteiger partial charge in [-0.25, -0.2) is 9.36 Å². The minimum absolute atomic E-state index is 0.0649. The number of rotatable bonds is 7. The maximum atomic E-state index is 14.3. The highest BCUT2D eigenvalue weighted by atomic mass is 35.5. The van der Waals surface area contributed by atoms with Gasteiger partial charge in [-0.3, -0.25) is 4.79 Å². The maximum Gasteiger partial charge on any atom is 0.361 e. The summed E-state index contributed by atoms with van der Waals surface area (Å²) in [7, 11) is 1.02. The first kappa shape index (κ1) is 22.2. The van der Waals surface area contributed by atoms with E-state index in [9.17, 15) is 23.5 Å². The molecule has 0 radical (unpaired) electrons. The smallest absolute Gasteiger partial charge is 0.361 e. The van der Waals surface area contributed by atoms with E-state index < -0.39 is 36.5 Å². The van der Waals surface area contributed by atoms with E-state index in [0.717, 1.165) is 13.2 Å². The van der Waals surface area contributed by atoms with Crippen LogP contribution in [0.25, 0.3) is 0 Å². The average molecular weight is 438 g/mol. The quantitative estimate of drug-likeness (QED) is 0.607. The Morgan fingerprint density at radius 2 is 1.96 bits per heavy atom. The summed E-state index contributed by atoms with van der Waals surface area (Å²) in [5.41, 5.74) is -1.38. The topological polar surface area (TPSA) is 114 Å². The van der Waals surface area contributed by atoms with Gasteiger partial charge in [-0.15, -0.1) is 0 Å². The molecule has 1 heterocycles. The number of hydrogen-bond donors (Lipinski definition) is 3. The van der Waals surface area contributed by atoms with Crippen molar-refractivity contribution < 1.29 is 28.5 Å². The average Bonchev–Trinajstić information content (AvgIpc) is 2.61. The largest absolute Gasteiger partial charge is 0.394 e. The van der Waals surface area contributed by atoms with Crippen LogP contribution in [-0.2, 0) is 10.8 Å². The van der Waals surface area contributed by atoms with Crippen LogP contribution in [0.15, 0.2) is 35.3 Å². The Balaban J connectivity index is 2.26. The molecule has 0 spiro atoms. The molecule has 0 aliphatic rings. The van der Waals surface area contributed by atoms with Gasteiger partial charge in [-0.1, -0.05) is 23.2 Å². The standard InChI is InChI=1S/C16H15Cl2F2N3O5/c1-28-11(7-24)13(25)16(19,20)23-3-2-12(22-15(23)27)21-14(26)8-4-9(17)6-10(18)5-8/h2-6,11,13,24-25H,7H2,1H3,(H,21,22,26,27)/t11?,13-/m1/s1. The van der Waals surface area contributed by atoms with Gasteiger partial charge in [-0.2, -0.15) is 13.8 Å². The first-order valence-electron chi connectivity index (χ1n) is 7.67. The van der Waals surface area contributed by atoms with Gasteiger partial charge in [0.25, 0.3) is 5.91 Å². The molecule has 2 rings (SSSR count). The number of halogens is 4. The lowest BCUT2D eigenvalue weighted by Gasteiger charge is -2.28. The molecular weight excluding hydrogens is 423 g/mol. The van der Waals surface area contributed by atoms with Crippen molar-refractivity contribution in [1.29, 1.82) is 0 Å². The number of aliphatic hydroxyl groups is 2. The Hall–Kier alpha value is -2.11. The molecule has 1 unspecified atom stereocenters. The predicted molar refractivity (Wildman–Crippen MR) is 97.0 cm³/mol. The number of anilines is 1. The highest BCUT2D eigenvalue weighted by Gasteiger charge is 2.46. The van der Waals surface area contributed by atoms with E-state index in [1.165, 1.54) is 18.2 Å². The first-order chi connectivity index (χ1) is 13.1. The van der Waals surface area contributed by atoms with E-state index >= 15 is 0 Å². The lowest BCUT2D eigenvalue weighted by atomic mass is 10.1. The molecule has 28 heavy (non-hydrogen) atoms. The summed E-state index contributed by atoms with van der Waals surface area (Å²) in [6.07, 6.45) is -3.51. The number of alkyl halides is 2. The molecule has 1 aromatic heterocycles. The van der Waals surface area contributed by atoms with Crippen LogP contribution in [0.3, 0.4) is 0 Å². The summed E-state index contributed by atoms with van der Waals surface area (Å²) >= 11 is 11.6. The number of nitrogens with one attached hydrogen (secondary N) is 1.